The lowest BCUT2D eigenvalue weighted by Crippen LogP contribution is -2.37. The number of hydrogen-bond donors (Lipinski definition) is 3. The molecule has 0 amide bonds. The number of anilines is 1. The van der Waals surface area contributed by atoms with Crippen LogP contribution in [0.1, 0.15) is 13.8 Å². The minimum absolute atomic E-state index is 0. The fourth-order valence-corrected chi connectivity index (χ4v) is 2.39. The molecule has 136 valence electrons. The molecule has 1 aromatic rings. The largest absolute Gasteiger partial charge is 0.378 e. The van der Waals surface area contributed by atoms with Gasteiger partial charge < -0.3 is 16.4 Å². The fourth-order valence-electron chi connectivity index (χ4n) is 1.75. The topological polar surface area (TPSA) is 140 Å². The summed E-state index contributed by atoms with van der Waals surface area (Å²) in [4.78, 5) is 14.4. The van der Waals surface area contributed by atoms with Crippen molar-refractivity contribution in [2.24, 2.45) is 10.7 Å². The molecule has 0 unspecified atom stereocenters. The Kier molecular flexibility index (Phi) is 8.96. The Balaban J connectivity index is 0.00000529. The van der Waals surface area contributed by atoms with Crippen molar-refractivity contribution >= 4 is 51.1 Å². The number of halogens is 1. The standard InChI is InChI=1S/C13H21N5O4S.HI/c1-9(2)17-13(14)16-7-6-15-11-5-4-10(23(3,21)22)8-12(11)18(19)20;/h4-5,8-9,15H,6-7H2,1-3H3,(H3,14,16,17);1H. The maximum atomic E-state index is 11.5. The predicted octanol–water partition coefficient (Wildman–Crippen LogP) is 1.34. The van der Waals surface area contributed by atoms with E-state index in [-0.39, 0.29) is 46.3 Å². The number of aliphatic imine (C=N–C) groups is 1. The molecule has 9 nitrogen and oxygen atoms in total. The molecule has 1 rings (SSSR count). The fraction of sp³-hybridized carbons (Fsp3) is 0.462. The zero-order valence-corrected chi connectivity index (χ0v) is 16.8. The van der Waals surface area contributed by atoms with Crippen LogP contribution in [0.5, 0.6) is 0 Å². The van der Waals surface area contributed by atoms with E-state index in [2.05, 4.69) is 15.6 Å². The molecule has 1 aromatic carbocycles. The van der Waals surface area contributed by atoms with Crippen LogP contribution in [0.2, 0.25) is 0 Å². The highest BCUT2D eigenvalue weighted by Gasteiger charge is 2.18. The van der Waals surface area contributed by atoms with Crippen LogP contribution in [0.25, 0.3) is 0 Å². The zero-order valence-electron chi connectivity index (χ0n) is 13.6. The van der Waals surface area contributed by atoms with Gasteiger partial charge in [-0.25, -0.2) is 8.42 Å². The summed E-state index contributed by atoms with van der Waals surface area (Å²) in [6.45, 7) is 4.48. The van der Waals surface area contributed by atoms with Crippen LogP contribution in [0.15, 0.2) is 28.1 Å². The van der Waals surface area contributed by atoms with Gasteiger partial charge in [-0.05, 0) is 26.0 Å². The molecule has 0 bridgehead atoms. The number of guanidine groups is 1. The van der Waals surface area contributed by atoms with E-state index in [1.807, 2.05) is 13.8 Å². The minimum Gasteiger partial charge on any atom is -0.378 e. The third kappa shape index (κ3) is 7.29. The summed E-state index contributed by atoms with van der Waals surface area (Å²) in [6, 6.07) is 3.89. The number of nitro groups is 1. The van der Waals surface area contributed by atoms with E-state index in [1.165, 1.54) is 12.1 Å². The van der Waals surface area contributed by atoms with Crippen LogP contribution in [-0.2, 0) is 9.84 Å². The van der Waals surface area contributed by atoms with Gasteiger partial charge >= 0.3 is 0 Å². The van der Waals surface area contributed by atoms with E-state index >= 15 is 0 Å². The number of rotatable bonds is 7. The molecule has 24 heavy (non-hydrogen) atoms. The molecule has 0 saturated carbocycles. The number of nitrogens with one attached hydrogen (secondary N) is 2. The van der Waals surface area contributed by atoms with Crippen LogP contribution < -0.4 is 16.4 Å². The van der Waals surface area contributed by atoms with Crippen LogP contribution in [0.4, 0.5) is 11.4 Å². The van der Waals surface area contributed by atoms with Crippen LogP contribution in [0, 0.1) is 10.1 Å². The number of sulfone groups is 1. The smallest absolute Gasteiger partial charge is 0.293 e. The van der Waals surface area contributed by atoms with Gasteiger partial charge in [0.25, 0.3) is 5.69 Å². The van der Waals surface area contributed by atoms with Crippen molar-refractivity contribution in [3.05, 3.63) is 28.3 Å². The predicted molar refractivity (Wildman–Crippen MR) is 105 cm³/mol. The van der Waals surface area contributed by atoms with Crippen LogP contribution in [0.3, 0.4) is 0 Å². The molecule has 0 fully saturated rings. The highest BCUT2D eigenvalue weighted by atomic mass is 127. The average Bonchev–Trinajstić information content (AvgIpc) is 2.41. The molecule has 0 saturated heterocycles. The van der Waals surface area contributed by atoms with Crippen molar-refractivity contribution in [3.8, 4) is 0 Å². The number of nitro benzene ring substituents is 1. The average molecular weight is 471 g/mol. The van der Waals surface area contributed by atoms with Crippen molar-refractivity contribution < 1.29 is 13.3 Å². The first kappa shape index (κ1) is 22.4. The van der Waals surface area contributed by atoms with E-state index in [9.17, 15) is 18.5 Å². The Morgan fingerprint density at radius 2 is 2.04 bits per heavy atom. The van der Waals surface area contributed by atoms with Gasteiger partial charge in [-0.2, -0.15) is 0 Å². The second-order valence-electron chi connectivity index (χ2n) is 5.20. The minimum atomic E-state index is -3.50. The maximum Gasteiger partial charge on any atom is 0.293 e. The van der Waals surface area contributed by atoms with Gasteiger partial charge in [0.05, 0.1) is 16.4 Å². The van der Waals surface area contributed by atoms with E-state index in [0.29, 0.717) is 19.0 Å². The van der Waals surface area contributed by atoms with Gasteiger partial charge in [0, 0.05) is 24.9 Å². The van der Waals surface area contributed by atoms with Gasteiger partial charge in [0.15, 0.2) is 15.8 Å². The van der Waals surface area contributed by atoms with Gasteiger partial charge in [0.2, 0.25) is 0 Å². The lowest BCUT2D eigenvalue weighted by molar-refractivity contribution is -0.384. The van der Waals surface area contributed by atoms with Crippen molar-refractivity contribution in [2.75, 3.05) is 24.7 Å². The summed E-state index contributed by atoms with van der Waals surface area (Å²) in [5.74, 6) is 0.295. The monoisotopic (exact) mass is 471 g/mol. The molecule has 0 aliphatic rings. The third-order valence-electron chi connectivity index (χ3n) is 2.74. The van der Waals surface area contributed by atoms with E-state index < -0.39 is 14.8 Å². The quantitative estimate of drug-likeness (QED) is 0.136. The summed E-state index contributed by atoms with van der Waals surface area (Å²) in [7, 11) is -3.50. The SMILES string of the molecule is CC(C)NC(N)=NCCNc1ccc(S(C)(=O)=O)cc1[N+](=O)[O-].I. The summed E-state index contributed by atoms with van der Waals surface area (Å²) < 4.78 is 22.9. The number of benzene rings is 1. The highest BCUT2D eigenvalue weighted by molar-refractivity contribution is 14.0. The summed E-state index contributed by atoms with van der Waals surface area (Å²) >= 11 is 0. The lowest BCUT2D eigenvalue weighted by Gasteiger charge is -2.09. The zero-order chi connectivity index (χ0) is 17.6. The second-order valence-corrected chi connectivity index (χ2v) is 7.22. The third-order valence-corrected chi connectivity index (χ3v) is 3.85. The molecule has 0 heterocycles. The summed E-state index contributed by atoms with van der Waals surface area (Å²) in [5, 5.41) is 16.9. The highest BCUT2D eigenvalue weighted by Crippen LogP contribution is 2.27. The molecule has 0 aromatic heterocycles. The lowest BCUT2D eigenvalue weighted by atomic mass is 10.2. The Labute approximate surface area is 158 Å². The molecular formula is C13H22IN5O4S. The number of nitrogens with two attached hydrogens (primary N) is 1. The molecule has 0 atom stereocenters. The maximum absolute atomic E-state index is 11.5. The summed E-state index contributed by atoms with van der Waals surface area (Å²) in [6.07, 6.45) is 0.998. The molecule has 0 spiro atoms. The first-order valence-corrected chi connectivity index (χ1v) is 8.79. The van der Waals surface area contributed by atoms with Crippen LogP contribution in [-0.4, -0.2) is 44.7 Å². The van der Waals surface area contributed by atoms with E-state index in [1.54, 1.807) is 0 Å². The van der Waals surface area contributed by atoms with E-state index in [0.717, 1.165) is 12.3 Å². The second kappa shape index (κ2) is 9.61. The van der Waals surface area contributed by atoms with Crippen molar-refractivity contribution in [1.29, 1.82) is 0 Å². The Morgan fingerprint density at radius 3 is 2.54 bits per heavy atom. The first-order chi connectivity index (χ1) is 10.6. The normalized spacial score (nSPS) is 11.8. The first-order valence-electron chi connectivity index (χ1n) is 6.90. The van der Waals surface area contributed by atoms with Crippen molar-refractivity contribution in [2.45, 2.75) is 24.8 Å². The molecular weight excluding hydrogens is 449 g/mol. The van der Waals surface area contributed by atoms with Gasteiger partial charge in [-0.3, -0.25) is 15.1 Å². The Bertz CT molecular complexity index is 706. The van der Waals surface area contributed by atoms with Gasteiger partial charge in [-0.1, -0.05) is 0 Å². The number of nitrogens with zero attached hydrogens (tertiary/aromatic N) is 2. The molecule has 0 radical (unpaired) electrons. The van der Waals surface area contributed by atoms with Gasteiger partial charge in [-0.15, -0.1) is 24.0 Å². The van der Waals surface area contributed by atoms with Crippen LogP contribution >= 0.6 is 24.0 Å². The summed E-state index contributed by atoms with van der Waals surface area (Å²) in [5.41, 5.74) is 5.56. The van der Waals surface area contributed by atoms with E-state index in [4.69, 9.17) is 5.73 Å². The van der Waals surface area contributed by atoms with Gasteiger partial charge in [0.1, 0.15) is 5.69 Å². The van der Waals surface area contributed by atoms with Crippen molar-refractivity contribution in [1.82, 2.24) is 5.32 Å². The number of hydrogen-bond acceptors (Lipinski definition) is 6. The molecule has 4 N–H and O–H groups in total. The van der Waals surface area contributed by atoms with Crippen molar-refractivity contribution in [3.63, 3.8) is 0 Å². The Hall–Kier alpha value is -1.63. The molecule has 0 aliphatic carbocycles. The Morgan fingerprint density at radius 1 is 1.42 bits per heavy atom. The molecule has 0 aliphatic heterocycles. The molecule has 11 heteroatoms.